The van der Waals surface area contributed by atoms with Gasteiger partial charge in [-0.1, -0.05) is 141 Å². The molecule has 1 aromatic heterocycles. The van der Waals surface area contributed by atoms with Gasteiger partial charge in [-0.3, -0.25) is 33.7 Å². The fourth-order valence-electron chi connectivity index (χ4n) is 9.92. The molecule has 14 heteroatoms. The molecule has 3 heterocycles. The third-order valence-electron chi connectivity index (χ3n) is 12.7. The predicted octanol–water partition coefficient (Wildman–Crippen LogP) is 13.9. The Morgan fingerprint density at radius 1 is 0.581 bits per heavy atom. The van der Waals surface area contributed by atoms with Gasteiger partial charge in [0.2, 0.25) is 0 Å². The van der Waals surface area contributed by atoms with Gasteiger partial charge >= 0.3 is 0 Å². The number of hydrogen-bond acceptors (Lipinski definition) is 6. The zero-order valence-electron chi connectivity index (χ0n) is 35.8. The molecule has 324 valence electrons. The Kier molecular flexibility index (Phi) is 12.8. The van der Waals surface area contributed by atoms with Crippen LogP contribution in [0.5, 0.6) is 0 Å². The van der Waals surface area contributed by atoms with Crippen molar-refractivity contribution < 1.29 is 19.2 Å². The average Bonchev–Trinajstić information content (AvgIpc) is 3.67. The van der Waals surface area contributed by atoms with Gasteiger partial charge in [-0.2, -0.15) is 0 Å². The van der Waals surface area contributed by atoms with Crippen molar-refractivity contribution in [2.45, 2.75) is 123 Å². The van der Waals surface area contributed by atoms with Crippen molar-refractivity contribution in [2.24, 2.45) is 0 Å². The molecule has 0 unspecified atom stereocenters. The molecule has 0 saturated heterocycles. The lowest BCUT2D eigenvalue weighted by molar-refractivity contribution is 0.0586. The van der Waals surface area contributed by atoms with Crippen LogP contribution in [0.2, 0.25) is 45.3 Å². The van der Waals surface area contributed by atoms with Crippen molar-refractivity contribution in [1.82, 2.24) is 24.8 Å². The number of hydrogen-bond donors (Lipinski definition) is 0. The number of rotatable bonds is 19. The van der Waals surface area contributed by atoms with Crippen LogP contribution in [0, 0.1) is 0 Å². The third kappa shape index (κ3) is 8.04. The number of imide groups is 2. The molecule has 0 aliphatic carbocycles. The first-order valence-electron chi connectivity index (χ1n) is 21.9. The smallest absolute Gasteiger partial charge is 0.261 e. The lowest BCUT2D eigenvalue weighted by Crippen LogP contribution is -2.41. The monoisotopic (exact) mass is 929 g/mol. The zero-order valence-corrected chi connectivity index (χ0v) is 39.8. The molecular formula is C48H51Cl4N5O4Si. The Hall–Kier alpha value is -4.06. The standard InChI is InChI=1S/C48H51Cl4N5O4Si/c1-6-7-18-56-45(58)29-20-33(49)39-41-35(51)22-31-38-32(23-36(52)42(44(38)41)40-34(50)21-30(46(56)59)37(29)43(39)40)48(61)57(47(31)60)25-28-24-55(54-53-28)17-15-13-11-9-8-10-12-14-16-19-62(4,5)26-27(2)3/h20-24H,2,6-19,25-26H2,1,3-5H3. The molecule has 0 saturated carbocycles. The van der Waals surface area contributed by atoms with Crippen LogP contribution in [-0.4, -0.2) is 63.0 Å². The molecule has 0 spiro atoms. The van der Waals surface area contributed by atoms with Gasteiger partial charge in [0, 0.05) is 76.3 Å². The van der Waals surface area contributed by atoms with Crippen LogP contribution in [0.4, 0.5) is 0 Å². The zero-order chi connectivity index (χ0) is 44.2. The van der Waals surface area contributed by atoms with Gasteiger partial charge in [-0.15, -0.1) is 11.7 Å². The van der Waals surface area contributed by atoms with Crippen LogP contribution >= 0.6 is 46.4 Å². The number of amides is 4. The lowest BCUT2D eigenvalue weighted by atomic mass is 9.82. The van der Waals surface area contributed by atoms with Crippen LogP contribution in [0.15, 0.2) is 42.6 Å². The molecule has 0 fully saturated rings. The van der Waals surface area contributed by atoms with Crippen molar-refractivity contribution in [3.8, 4) is 0 Å². The van der Waals surface area contributed by atoms with Crippen LogP contribution < -0.4 is 0 Å². The van der Waals surface area contributed by atoms with E-state index in [1.54, 1.807) is 35.1 Å². The number of allylic oxidation sites excluding steroid dienone is 1. The van der Waals surface area contributed by atoms with Crippen molar-refractivity contribution in [3.63, 3.8) is 0 Å². The minimum Gasteiger partial charge on any atom is -0.274 e. The first-order valence-corrected chi connectivity index (χ1v) is 26.8. The summed E-state index contributed by atoms with van der Waals surface area (Å²) in [5.41, 5.74) is 2.80. The Morgan fingerprint density at radius 3 is 1.44 bits per heavy atom. The molecule has 0 bridgehead atoms. The normalized spacial score (nSPS) is 14.3. The number of nitrogens with zero attached hydrogens (tertiary/aromatic N) is 5. The maximum atomic E-state index is 14.3. The molecule has 4 amide bonds. The number of carbonyl (C=O) groups excluding carboxylic acids is 4. The summed E-state index contributed by atoms with van der Waals surface area (Å²) in [5.74, 6) is -1.96. The Balaban J connectivity index is 0.991. The summed E-state index contributed by atoms with van der Waals surface area (Å²) in [5, 5.41) is 12.9. The van der Waals surface area contributed by atoms with Crippen molar-refractivity contribution in [3.05, 3.63) is 90.7 Å². The Bertz CT molecular complexity index is 2700. The summed E-state index contributed by atoms with van der Waals surface area (Å²) in [6.07, 6.45) is 14.2. The first-order chi connectivity index (χ1) is 29.6. The summed E-state index contributed by atoms with van der Waals surface area (Å²) < 4.78 is 1.77. The molecule has 0 atom stereocenters. The maximum absolute atomic E-state index is 14.3. The highest BCUT2D eigenvalue weighted by atomic mass is 35.5. The molecule has 2 aliphatic rings. The second-order valence-electron chi connectivity index (χ2n) is 18.1. The van der Waals surface area contributed by atoms with Crippen LogP contribution in [0.25, 0.3) is 43.1 Å². The molecule has 0 N–H and O–H groups in total. The van der Waals surface area contributed by atoms with E-state index in [4.69, 9.17) is 46.4 Å². The van der Waals surface area contributed by atoms with Gasteiger partial charge in [0.05, 0.1) is 43.1 Å². The number of halogens is 4. The van der Waals surface area contributed by atoms with Gasteiger partial charge in [-0.25, -0.2) is 0 Å². The molecule has 5 aromatic carbocycles. The second kappa shape index (κ2) is 17.8. The van der Waals surface area contributed by atoms with Gasteiger partial charge < -0.3 is 0 Å². The molecular weight excluding hydrogens is 880 g/mol. The second-order valence-corrected chi connectivity index (χ2v) is 24.9. The highest BCUT2D eigenvalue weighted by Gasteiger charge is 2.39. The fourth-order valence-corrected chi connectivity index (χ4v) is 14.1. The molecule has 9 nitrogen and oxygen atoms in total. The van der Waals surface area contributed by atoms with E-state index in [0.717, 1.165) is 24.2 Å². The van der Waals surface area contributed by atoms with E-state index < -0.39 is 31.7 Å². The lowest BCUT2D eigenvalue weighted by Gasteiger charge is -2.31. The number of unbranched alkanes of at least 4 members (excludes halogenated alkanes) is 9. The van der Waals surface area contributed by atoms with E-state index in [2.05, 4.69) is 36.9 Å². The fraction of sp³-hybridized carbons (Fsp3) is 0.417. The van der Waals surface area contributed by atoms with E-state index in [1.165, 1.54) is 67.5 Å². The minimum absolute atomic E-state index is 0.0897. The van der Waals surface area contributed by atoms with E-state index in [0.29, 0.717) is 61.7 Å². The summed E-state index contributed by atoms with van der Waals surface area (Å²) in [7, 11) is -1.13. The Morgan fingerprint density at radius 2 is 1.00 bits per heavy atom. The number of benzene rings is 5. The number of aromatic nitrogens is 3. The van der Waals surface area contributed by atoms with Gasteiger partial charge in [0.1, 0.15) is 5.69 Å². The first kappa shape index (κ1) is 44.5. The highest BCUT2D eigenvalue weighted by Crippen LogP contribution is 2.53. The van der Waals surface area contributed by atoms with E-state index in [1.807, 2.05) is 6.92 Å². The maximum Gasteiger partial charge on any atom is 0.261 e. The SMILES string of the molecule is C=C(C)C[Si](C)(C)CCCCCCCCCCCn1cc(CN2C(=O)c3cc(Cl)c4c5c(Cl)cc6c7c(cc(Cl)c(c8c(Cl)cc(c3c48)C2=O)c75)C(=O)N(CCCC)C6=O)nn1. The summed E-state index contributed by atoms with van der Waals surface area (Å²) in [4.78, 5) is 58.8. The molecule has 0 radical (unpaired) electrons. The van der Waals surface area contributed by atoms with Gasteiger partial charge in [0.25, 0.3) is 23.6 Å². The summed E-state index contributed by atoms with van der Waals surface area (Å²) in [6, 6.07) is 8.86. The van der Waals surface area contributed by atoms with Gasteiger partial charge in [-0.05, 0) is 50.1 Å². The van der Waals surface area contributed by atoms with E-state index in [-0.39, 0.29) is 55.4 Å². The number of aryl methyl sites for hydroxylation is 1. The van der Waals surface area contributed by atoms with Crippen LogP contribution in [-0.2, 0) is 13.1 Å². The molecule has 2 aliphatic heterocycles. The average molecular weight is 932 g/mol. The van der Waals surface area contributed by atoms with Gasteiger partial charge in [0.15, 0.2) is 0 Å². The molecule has 6 aromatic rings. The van der Waals surface area contributed by atoms with Crippen molar-refractivity contribution in [2.75, 3.05) is 6.54 Å². The van der Waals surface area contributed by atoms with Crippen LogP contribution in [0.1, 0.15) is 132 Å². The third-order valence-corrected chi connectivity index (χ3v) is 17.1. The summed E-state index contributed by atoms with van der Waals surface area (Å²) in [6.45, 7) is 14.1. The number of fused-ring (bicyclic) bond motifs is 2. The van der Waals surface area contributed by atoms with Crippen molar-refractivity contribution in [1.29, 1.82) is 0 Å². The highest BCUT2D eigenvalue weighted by molar-refractivity contribution is 6.77. The van der Waals surface area contributed by atoms with Crippen molar-refractivity contribution >= 4 is 121 Å². The summed E-state index contributed by atoms with van der Waals surface area (Å²) >= 11 is 28.5. The minimum atomic E-state index is -1.13. The molecule has 8 rings (SSSR count). The van der Waals surface area contributed by atoms with E-state index in [9.17, 15) is 19.2 Å². The topological polar surface area (TPSA) is 105 Å². The quantitative estimate of drug-likeness (QED) is 0.0200. The largest absolute Gasteiger partial charge is 0.274 e. The molecule has 62 heavy (non-hydrogen) atoms. The Labute approximate surface area is 383 Å². The predicted molar refractivity (Wildman–Crippen MR) is 256 cm³/mol. The van der Waals surface area contributed by atoms with Crippen LogP contribution in [0.3, 0.4) is 0 Å². The number of carbonyl (C=O) groups is 4. The van der Waals surface area contributed by atoms with E-state index >= 15 is 0 Å².